The first-order valence-corrected chi connectivity index (χ1v) is 7.03. The van der Waals surface area contributed by atoms with Gasteiger partial charge in [-0.1, -0.05) is 18.5 Å². The van der Waals surface area contributed by atoms with Crippen LogP contribution in [0.2, 0.25) is 5.02 Å². The van der Waals surface area contributed by atoms with Gasteiger partial charge in [0.15, 0.2) is 5.78 Å². The fourth-order valence-corrected chi connectivity index (χ4v) is 2.34. The van der Waals surface area contributed by atoms with E-state index in [4.69, 9.17) is 16.3 Å². The molecule has 3 nitrogen and oxygen atoms in total. The molecule has 0 bridgehead atoms. The second-order valence-corrected chi connectivity index (χ2v) is 5.14. The summed E-state index contributed by atoms with van der Waals surface area (Å²) in [5, 5.41) is 0.676. The van der Waals surface area contributed by atoms with Gasteiger partial charge in [0.05, 0.1) is 13.7 Å². The Labute approximate surface area is 124 Å². The molecule has 4 heteroatoms. The maximum atomic E-state index is 11.8. The molecule has 0 N–H and O–H groups in total. The van der Waals surface area contributed by atoms with Crippen LogP contribution in [-0.2, 0) is 6.54 Å². The molecule has 1 heterocycles. The highest BCUT2D eigenvalue weighted by molar-refractivity contribution is 6.30. The molecule has 1 aromatic heterocycles. The van der Waals surface area contributed by atoms with Crippen LogP contribution in [0.4, 0.5) is 0 Å². The molecule has 0 saturated heterocycles. The Morgan fingerprint density at radius 3 is 2.85 bits per heavy atom. The maximum Gasteiger partial charge on any atom is 0.164 e. The molecule has 0 amide bonds. The molecule has 0 saturated carbocycles. The molecular weight excluding hydrogens is 274 g/mol. The van der Waals surface area contributed by atoms with Gasteiger partial charge in [-0.25, -0.2) is 0 Å². The van der Waals surface area contributed by atoms with Gasteiger partial charge in [0.1, 0.15) is 5.75 Å². The summed E-state index contributed by atoms with van der Waals surface area (Å²) in [6, 6.07) is 7.39. The Morgan fingerprint density at radius 2 is 2.15 bits per heavy atom. The van der Waals surface area contributed by atoms with E-state index >= 15 is 0 Å². The number of halogens is 1. The van der Waals surface area contributed by atoms with Crippen LogP contribution in [0, 0.1) is 0 Å². The fourth-order valence-electron chi connectivity index (χ4n) is 2.14. The van der Waals surface area contributed by atoms with Crippen LogP contribution in [0.3, 0.4) is 0 Å². The number of aromatic nitrogens is 1. The zero-order valence-corrected chi connectivity index (χ0v) is 12.5. The largest absolute Gasteiger partial charge is 0.496 e. The standard InChI is InChI=1S/C16H18ClNO2/c1-3-4-15(19)12-7-8-18(10-12)11-13-9-14(17)5-6-16(13)20-2/h5-10H,3-4,11H2,1-2H3. The lowest BCUT2D eigenvalue weighted by molar-refractivity contribution is 0.0981. The van der Waals surface area contributed by atoms with Crippen molar-refractivity contribution in [3.63, 3.8) is 0 Å². The average molecular weight is 292 g/mol. The summed E-state index contributed by atoms with van der Waals surface area (Å²) in [5.41, 5.74) is 1.75. The van der Waals surface area contributed by atoms with E-state index in [1.165, 1.54) is 0 Å². The molecule has 0 aliphatic heterocycles. The first kappa shape index (κ1) is 14.7. The number of hydrogen-bond donors (Lipinski definition) is 0. The molecule has 0 aliphatic rings. The SMILES string of the molecule is CCCC(=O)c1ccn(Cc2cc(Cl)ccc2OC)c1. The molecule has 0 unspecified atom stereocenters. The summed E-state index contributed by atoms with van der Waals surface area (Å²) >= 11 is 6.02. The van der Waals surface area contributed by atoms with Crippen molar-refractivity contribution in [2.24, 2.45) is 0 Å². The summed E-state index contributed by atoms with van der Waals surface area (Å²) < 4.78 is 7.30. The number of nitrogens with zero attached hydrogens (tertiary/aromatic N) is 1. The van der Waals surface area contributed by atoms with Crippen molar-refractivity contribution in [3.8, 4) is 5.75 Å². The van der Waals surface area contributed by atoms with Crippen LogP contribution in [0.5, 0.6) is 5.75 Å². The zero-order valence-electron chi connectivity index (χ0n) is 11.7. The van der Waals surface area contributed by atoms with Crippen LogP contribution in [0.25, 0.3) is 0 Å². The van der Waals surface area contributed by atoms with Crippen molar-refractivity contribution in [2.75, 3.05) is 7.11 Å². The van der Waals surface area contributed by atoms with E-state index in [1.807, 2.05) is 42.1 Å². The van der Waals surface area contributed by atoms with Crippen LogP contribution in [0.15, 0.2) is 36.7 Å². The average Bonchev–Trinajstić information content (AvgIpc) is 2.88. The Hall–Kier alpha value is -1.74. The van der Waals surface area contributed by atoms with E-state index in [0.29, 0.717) is 18.0 Å². The first-order valence-electron chi connectivity index (χ1n) is 6.65. The lowest BCUT2D eigenvalue weighted by Crippen LogP contribution is -2.01. The van der Waals surface area contributed by atoms with Gasteiger partial charge in [-0.2, -0.15) is 0 Å². The quantitative estimate of drug-likeness (QED) is 0.748. The van der Waals surface area contributed by atoms with Crippen LogP contribution >= 0.6 is 11.6 Å². The summed E-state index contributed by atoms with van der Waals surface area (Å²) in [4.78, 5) is 11.8. The number of ether oxygens (including phenoxy) is 1. The van der Waals surface area contributed by atoms with E-state index in [-0.39, 0.29) is 5.78 Å². The van der Waals surface area contributed by atoms with Gasteiger partial charge in [-0.05, 0) is 30.7 Å². The summed E-state index contributed by atoms with van der Waals surface area (Å²) in [6.45, 7) is 2.63. The van der Waals surface area contributed by atoms with Gasteiger partial charge in [0.25, 0.3) is 0 Å². The number of carbonyl (C=O) groups is 1. The Kier molecular flexibility index (Phi) is 4.85. The minimum atomic E-state index is 0.185. The molecule has 2 aromatic rings. The molecule has 0 atom stereocenters. The Bertz CT molecular complexity index is 604. The second kappa shape index (κ2) is 6.62. The van der Waals surface area contributed by atoms with Crippen molar-refractivity contribution in [1.29, 1.82) is 0 Å². The molecule has 0 radical (unpaired) electrons. The first-order chi connectivity index (χ1) is 9.63. The number of ketones is 1. The molecule has 0 fully saturated rings. The topological polar surface area (TPSA) is 31.2 Å². The van der Waals surface area contributed by atoms with Crippen LogP contribution < -0.4 is 4.74 Å². The summed E-state index contributed by atoms with van der Waals surface area (Å²) in [6.07, 6.45) is 5.23. The highest BCUT2D eigenvalue weighted by atomic mass is 35.5. The zero-order chi connectivity index (χ0) is 14.5. The van der Waals surface area contributed by atoms with Gasteiger partial charge in [0.2, 0.25) is 0 Å². The lowest BCUT2D eigenvalue weighted by Gasteiger charge is -2.09. The molecule has 2 rings (SSSR count). The number of carbonyl (C=O) groups excluding carboxylic acids is 1. The molecule has 0 spiro atoms. The van der Waals surface area contributed by atoms with E-state index in [1.54, 1.807) is 13.2 Å². The minimum absolute atomic E-state index is 0.185. The predicted octanol–water partition coefficient (Wildman–Crippen LogP) is 4.18. The van der Waals surface area contributed by atoms with Crippen LogP contribution in [0.1, 0.15) is 35.7 Å². The normalized spacial score (nSPS) is 10.6. The molecule has 20 heavy (non-hydrogen) atoms. The van der Waals surface area contributed by atoms with Crippen LogP contribution in [-0.4, -0.2) is 17.5 Å². The third kappa shape index (κ3) is 3.42. The number of methoxy groups -OCH3 is 1. The molecular formula is C16H18ClNO2. The lowest BCUT2D eigenvalue weighted by atomic mass is 10.1. The van der Waals surface area contributed by atoms with Crippen molar-refractivity contribution in [1.82, 2.24) is 4.57 Å². The number of benzene rings is 1. The minimum Gasteiger partial charge on any atom is -0.496 e. The van der Waals surface area contributed by atoms with Gasteiger partial charge in [0, 0.05) is 35.0 Å². The summed E-state index contributed by atoms with van der Waals surface area (Å²) in [5.74, 6) is 0.980. The van der Waals surface area contributed by atoms with Crippen molar-refractivity contribution in [3.05, 3.63) is 52.8 Å². The Morgan fingerprint density at radius 1 is 1.35 bits per heavy atom. The molecule has 1 aromatic carbocycles. The van der Waals surface area contributed by atoms with E-state index in [2.05, 4.69) is 0 Å². The third-order valence-corrected chi connectivity index (χ3v) is 3.38. The van der Waals surface area contributed by atoms with E-state index < -0.39 is 0 Å². The monoisotopic (exact) mass is 291 g/mol. The predicted molar refractivity (Wildman–Crippen MR) is 80.8 cm³/mol. The number of Topliss-reactive ketones (excluding diaryl/α,β-unsaturated/α-hetero) is 1. The van der Waals surface area contributed by atoms with Crippen molar-refractivity contribution >= 4 is 17.4 Å². The van der Waals surface area contributed by atoms with E-state index in [9.17, 15) is 4.79 Å². The number of rotatable bonds is 6. The molecule has 0 aliphatic carbocycles. The van der Waals surface area contributed by atoms with Gasteiger partial charge < -0.3 is 9.30 Å². The van der Waals surface area contributed by atoms with Gasteiger partial charge >= 0.3 is 0 Å². The maximum absolute atomic E-state index is 11.8. The van der Waals surface area contributed by atoms with Crippen molar-refractivity contribution in [2.45, 2.75) is 26.3 Å². The summed E-state index contributed by atoms with van der Waals surface area (Å²) in [7, 11) is 1.64. The molecule has 106 valence electrons. The van der Waals surface area contributed by atoms with E-state index in [0.717, 1.165) is 23.3 Å². The van der Waals surface area contributed by atoms with Crippen molar-refractivity contribution < 1.29 is 9.53 Å². The fraction of sp³-hybridized carbons (Fsp3) is 0.312. The number of hydrogen-bond acceptors (Lipinski definition) is 2. The third-order valence-electron chi connectivity index (χ3n) is 3.14. The second-order valence-electron chi connectivity index (χ2n) is 4.70. The van der Waals surface area contributed by atoms with Gasteiger partial charge in [-0.3, -0.25) is 4.79 Å². The highest BCUT2D eigenvalue weighted by Crippen LogP contribution is 2.23. The Balaban J connectivity index is 2.18. The highest BCUT2D eigenvalue weighted by Gasteiger charge is 2.08. The van der Waals surface area contributed by atoms with Gasteiger partial charge in [-0.15, -0.1) is 0 Å². The smallest absolute Gasteiger partial charge is 0.164 e.